The fourth-order valence-corrected chi connectivity index (χ4v) is 5.73. The number of nitrogens with one attached hydrogen (secondary N) is 1. The molecule has 1 aromatic rings. The number of hydrogen-bond donors (Lipinski definition) is 1. The van der Waals surface area contributed by atoms with Crippen LogP contribution in [-0.4, -0.2) is 37.5 Å². The number of benzene rings is 1. The van der Waals surface area contributed by atoms with E-state index in [2.05, 4.69) is 4.72 Å². The van der Waals surface area contributed by atoms with E-state index in [1.165, 1.54) is 0 Å². The van der Waals surface area contributed by atoms with Crippen LogP contribution in [-0.2, 0) is 15.8 Å². The Hall–Kier alpha value is -0.680. The lowest BCUT2D eigenvalue weighted by atomic mass is 10.2. The van der Waals surface area contributed by atoms with Crippen molar-refractivity contribution in [3.8, 4) is 6.07 Å². The average molecular weight is 328 g/mol. The molecule has 20 heavy (non-hydrogen) atoms. The zero-order valence-corrected chi connectivity index (χ0v) is 13.4. The highest BCUT2D eigenvalue weighted by molar-refractivity contribution is 8.06. The van der Waals surface area contributed by atoms with Gasteiger partial charge in [-0.15, -0.1) is 0 Å². The van der Waals surface area contributed by atoms with Crippen LogP contribution in [0.15, 0.2) is 24.3 Å². The molecule has 0 radical (unpaired) electrons. The molecule has 0 bridgehead atoms. The van der Waals surface area contributed by atoms with E-state index in [1.54, 1.807) is 24.3 Å². The van der Waals surface area contributed by atoms with Gasteiger partial charge in [-0.25, -0.2) is 13.1 Å². The maximum atomic E-state index is 12.0. The fraction of sp³-hybridized carbons (Fsp3) is 0.462. The molecule has 1 N–H and O–H groups in total. The van der Waals surface area contributed by atoms with Crippen LogP contribution in [0.3, 0.4) is 0 Å². The number of nitriles is 1. The van der Waals surface area contributed by atoms with E-state index in [9.17, 15) is 8.42 Å². The molecule has 1 aromatic carbocycles. The van der Waals surface area contributed by atoms with Crippen molar-refractivity contribution in [3.63, 3.8) is 0 Å². The predicted molar refractivity (Wildman–Crippen MR) is 85.4 cm³/mol. The Morgan fingerprint density at radius 3 is 2.65 bits per heavy atom. The maximum Gasteiger partial charge on any atom is 0.215 e. The minimum absolute atomic E-state index is 0.0385. The van der Waals surface area contributed by atoms with Crippen molar-refractivity contribution in [1.29, 1.82) is 5.26 Å². The van der Waals surface area contributed by atoms with E-state index < -0.39 is 10.0 Å². The summed E-state index contributed by atoms with van der Waals surface area (Å²) in [6.45, 7) is 0.496. The summed E-state index contributed by atoms with van der Waals surface area (Å²) in [6, 6.07) is 8.66. The van der Waals surface area contributed by atoms with Crippen LogP contribution in [0, 0.1) is 11.3 Å². The first kappa shape index (κ1) is 15.7. The molecular formula is C13H16N2O2S3. The summed E-state index contributed by atoms with van der Waals surface area (Å²) in [5.41, 5.74) is 1.23. The summed E-state index contributed by atoms with van der Waals surface area (Å²) in [6.07, 6.45) is 0. The average Bonchev–Trinajstić information content (AvgIpc) is 2.47. The quantitative estimate of drug-likeness (QED) is 0.893. The minimum atomic E-state index is -3.31. The van der Waals surface area contributed by atoms with Gasteiger partial charge in [0.25, 0.3) is 0 Å². The summed E-state index contributed by atoms with van der Waals surface area (Å²) < 4.78 is 26.7. The first-order valence-corrected chi connectivity index (χ1v) is 10.1. The Kier molecular flexibility index (Phi) is 5.78. The van der Waals surface area contributed by atoms with Gasteiger partial charge < -0.3 is 0 Å². The largest absolute Gasteiger partial charge is 0.215 e. The zero-order chi connectivity index (χ0) is 14.4. The molecule has 1 unspecified atom stereocenters. The lowest BCUT2D eigenvalue weighted by Gasteiger charge is -2.21. The third kappa shape index (κ3) is 5.02. The number of thioether (sulfide) groups is 2. The van der Waals surface area contributed by atoms with Gasteiger partial charge in [0.15, 0.2) is 0 Å². The van der Waals surface area contributed by atoms with Gasteiger partial charge in [0.2, 0.25) is 10.0 Å². The first-order valence-electron chi connectivity index (χ1n) is 6.25. The van der Waals surface area contributed by atoms with Crippen molar-refractivity contribution in [2.45, 2.75) is 11.0 Å². The monoisotopic (exact) mass is 328 g/mol. The van der Waals surface area contributed by atoms with Crippen molar-refractivity contribution in [1.82, 2.24) is 4.72 Å². The fourth-order valence-electron chi connectivity index (χ4n) is 1.82. The lowest BCUT2D eigenvalue weighted by Crippen LogP contribution is -2.34. The lowest BCUT2D eigenvalue weighted by molar-refractivity contribution is 0.580. The van der Waals surface area contributed by atoms with Crippen molar-refractivity contribution >= 4 is 33.5 Å². The Labute approximate surface area is 128 Å². The van der Waals surface area contributed by atoms with Crippen molar-refractivity contribution in [3.05, 3.63) is 35.4 Å². The van der Waals surface area contributed by atoms with Gasteiger partial charge in [-0.05, 0) is 17.7 Å². The molecule has 1 atom stereocenters. The smallest absolute Gasteiger partial charge is 0.214 e. The van der Waals surface area contributed by atoms with E-state index in [-0.39, 0.29) is 5.75 Å². The van der Waals surface area contributed by atoms with Crippen LogP contribution < -0.4 is 4.72 Å². The molecule has 1 aliphatic rings. The second kappa shape index (κ2) is 7.36. The highest BCUT2D eigenvalue weighted by atomic mass is 32.2. The third-order valence-corrected chi connectivity index (χ3v) is 7.02. The van der Waals surface area contributed by atoms with Crippen LogP contribution in [0.4, 0.5) is 0 Å². The SMILES string of the molecule is N#Cc1ccc(CS(=O)(=O)NCC2CSCCS2)cc1. The molecular weight excluding hydrogens is 312 g/mol. The Morgan fingerprint density at radius 1 is 1.30 bits per heavy atom. The van der Waals surface area contributed by atoms with Gasteiger partial charge in [0.1, 0.15) is 0 Å². The highest BCUT2D eigenvalue weighted by Crippen LogP contribution is 2.23. The topological polar surface area (TPSA) is 70.0 Å². The van der Waals surface area contributed by atoms with Gasteiger partial charge in [0, 0.05) is 29.1 Å². The molecule has 0 aliphatic carbocycles. The van der Waals surface area contributed by atoms with Crippen LogP contribution >= 0.6 is 23.5 Å². The molecule has 1 saturated heterocycles. The van der Waals surface area contributed by atoms with E-state index in [0.29, 0.717) is 22.9 Å². The summed E-state index contributed by atoms with van der Waals surface area (Å²) >= 11 is 3.71. The van der Waals surface area contributed by atoms with Crippen LogP contribution in [0.2, 0.25) is 0 Å². The van der Waals surface area contributed by atoms with E-state index in [1.807, 2.05) is 29.6 Å². The van der Waals surface area contributed by atoms with Gasteiger partial charge in [-0.3, -0.25) is 0 Å². The molecule has 0 saturated carbocycles. The second-order valence-corrected chi connectivity index (χ2v) is 8.85. The number of sulfonamides is 1. The number of hydrogen-bond acceptors (Lipinski definition) is 5. The van der Waals surface area contributed by atoms with Crippen LogP contribution in [0.1, 0.15) is 11.1 Å². The van der Waals surface area contributed by atoms with E-state index >= 15 is 0 Å². The van der Waals surface area contributed by atoms with E-state index in [4.69, 9.17) is 5.26 Å². The molecule has 1 fully saturated rings. The molecule has 7 heteroatoms. The maximum absolute atomic E-state index is 12.0. The van der Waals surface area contributed by atoms with E-state index in [0.717, 1.165) is 17.3 Å². The number of rotatable bonds is 5. The van der Waals surface area contributed by atoms with Crippen molar-refractivity contribution < 1.29 is 8.42 Å². The highest BCUT2D eigenvalue weighted by Gasteiger charge is 2.18. The molecule has 0 spiro atoms. The zero-order valence-electron chi connectivity index (χ0n) is 10.9. The minimum Gasteiger partial charge on any atom is -0.214 e. The molecule has 0 amide bonds. The molecule has 1 aliphatic heterocycles. The summed E-state index contributed by atoms with van der Waals surface area (Å²) in [5, 5.41) is 9.07. The van der Waals surface area contributed by atoms with Gasteiger partial charge in [-0.2, -0.15) is 28.8 Å². The summed E-state index contributed by atoms with van der Waals surface area (Å²) in [7, 11) is -3.31. The standard InChI is InChI=1S/C13H16N2O2S3/c14-7-11-1-3-12(4-2-11)10-20(16,17)15-8-13-9-18-5-6-19-13/h1-4,13,15H,5-6,8-10H2. The molecule has 2 rings (SSSR count). The molecule has 0 aromatic heterocycles. The summed E-state index contributed by atoms with van der Waals surface area (Å²) in [4.78, 5) is 0. The van der Waals surface area contributed by atoms with Gasteiger partial charge >= 0.3 is 0 Å². The van der Waals surface area contributed by atoms with Crippen molar-refractivity contribution in [2.75, 3.05) is 23.8 Å². The number of nitrogens with zero attached hydrogens (tertiary/aromatic N) is 1. The normalized spacial score (nSPS) is 19.4. The molecule has 108 valence electrons. The third-order valence-electron chi connectivity index (χ3n) is 2.86. The molecule has 4 nitrogen and oxygen atoms in total. The van der Waals surface area contributed by atoms with Crippen LogP contribution in [0.5, 0.6) is 0 Å². The van der Waals surface area contributed by atoms with Gasteiger partial charge in [-0.1, -0.05) is 12.1 Å². The second-order valence-electron chi connectivity index (χ2n) is 4.48. The Balaban J connectivity index is 1.87. The Bertz CT molecular complexity index is 573. The first-order chi connectivity index (χ1) is 9.59. The van der Waals surface area contributed by atoms with Gasteiger partial charge in [0.05, 0.1) is 17.4 Å². The predicted octanol–water partition coefficient (Wildman–Crippen LogP) is 1.83. The van der Waals surface area contributed by atoms with Crippen molar-refractivity contribution in [2.24, 2.45) is 0 Å². The molecule has 1 heterocycles. The van der Waals surface area contributed by atoms with Crippen LogP contribution in [0.25, 0.3) is 0 Å². The summed E-state index contributed by atoms with van der Waals surface area (Å²) in [5.74, 6) is 3.21. The Morgan fingerprint density at radius 2 is 2.05 bits per heavy atom.